The quantitative estimate of drug-likeness (QED) is 0.697. The number of aliphatic carboxylic acids is 1. The fourth-order valence-corrected chi connectivity index (χ4v) is 2.29. The lowest BCUT2D eigenvalue weighted by Crippen LogP contribution is -2.51. The van der Waals surface area contributed by atoms with E-state index in [1.807, 2.05) is 6.92 Å². The molecule has 0 saturated heterocycles. The van der Waals surface area contributed by atoms with E-state index in [9.17, 15) is 14.7 Å². The molecule has 6 nitrogen and oxygen atoms in total. The molecule has 0 aromatic rings. The summed E-state index contributed by atoms with van der Waals surface area (Å²) in [6.45, 7) is 4.02. The number of hydrogen-bond acceptors (Lipinski definition) is 3. The Hall–Kier alpha value is -1.30. The van der Waals surface area contributed by atoms with Gasteiger partial charge in [0.25, 0.3) is 0 Å². The summed E-state index contributed by atoms with van der Waals surface area (Å²) < 4.78 is 0. The van der Waals surface area contributed by atoms with Gasteiger partial charge < -0.3 is 20.4 Å². The second-order valence-corrected chi connectivity index (χ2v) is 5.19. The molecule has 1 rings (SSSR count). The first-order chi connectivity index (χ1) is 8.95. The lowest BCUT2D eigenvalue weighted by atomic mass is 9.93. The average molecular weight is 272 g/mol. The Bertz CT molecular complexity index is 322. The number of carboxylic acids is 1. The van der Waals surface area contributed by atoms with Crippen molar-refractivity contribution >= 4 is 12.0 Å². The largest absolute Gasteiger partial charge is 0.481 e. The van der Waals surface area contributed by atoms with Crippen LogP contribution in [-0.2, 0) is 4.79 Å². The van der Waals surface area contributed by atoms with Crippen LogP contribution in [0.15, 0.2) is 0 Å². The number of urea groups is 1. The third-order valence-corrected chi connectivity index (χ3v) is 3.62. The highest BCUT2D eigenvalue weighted by Crippen LogP contribution is 2.18. The second-order valence-electron chi connectivity index (χ2n) is 5.19. The van der Waals surface area contributed by atoms with E-state index >= 15 is 0 Å². The number of rotatable bonds is 5. The van der Waals surface area contributed by atoms with E-state index in [1.165, 1.54) is 4.90 Å². The topological polar surface area (TPSA) is 89.9 Å². The maximum Gasteiger partial charge on any atom is 0.317 e. The number of carbonyl (C=O) groups excluding carboxylic acids is 1. The molecule has 3 N–H and O–H groups in total. The summed E-state index contributed by atoms with van der Waals surface area (Å²) in [6.07, 6.45) is 2.98. The third-order valence-electron chi connectivity index (χ3n) is 3.62. The number of nitrogens with zero attached hydrogens (tertiary/aromatic N) is 1. The van der Waals surface area contributed by atoms with Gasteiger partial charge in [-0.25, -0.2) is 4.79 Å². The number of aliphatic hydroxyl groups is 1. The van der Waals surface area contributed by atoms with Crippen LogP contribution in [-0.4, -0.2) is 52.3 Å². The molecule has 0 aliphatic heterocycles. The van der Waals surface area contributed by atoms with Crippen molar-refractivity contribution in [3.8, 4) is 0 Å². The molecule has 1 aliphatic rings. The zero-order valence-electron chi connectivity index (χ0n) is 11.6. The van der Waals surface area contributed by atoms with Crippen LogP contribution in [0.5, 0.6) is 0 Å². The summed E-state index contributed by atoms with van der Waals surface area (Å²) in [4.78, 5) is 24.3. The molecule has 0 bridgehead atoms. The highest BCUT2D eigenvalue weighted by molar-refractivity contribution is 5.76. The third kappa shape index (κ3) is 4.70. The van der Waals surface area contributed by atoms with Crippen molar-refractivity contribution in [3.05, 3.63) is 0 Å². The van der Waals surface area contributed by atoms with Gasteiger partial charge in [0.05, 0.1) is 18.1 Å². The van der Waals surface area contributed by atoms with E-state index in [1.54, 1.807) is 6.92 Å². The van der Waals surface area contributed by atoms with Crippen LogP contribution in [0.2, 0.25) is 0 Å². The lowest BCUT2D eigenvalue weighted by Gasteiger charge is -2.31. The van der Waals surface area contributed by atoms with Crippen LogP contribution in [0.3, 0.4) is 0 Å². The molecule has 0 aromatic heterocycles. The summed E-state index contributed by atoms with van der Waals surface area (Å²) >= 11 is 0. The SMILES string of the molecule is CCN(CC(C)C(=O)O)C(=O)NC1CCCCC1O. The maximum absolute atomic E-state index is 12.1. The molecule has 110 valence electrons. The number of carboxylic acid groups (broad SMARTS) is 1. The Morgan fingerprint density at radius 1 is 1.37 bits per heavy atom. The maximum atomic E-state index is 12.1. The first-order valence-electron chi connectivity index (χ1n) is 6.92. The summed E-state index contributed by atoms with van der Waals surface area (Å²) in [6, 6.07) is -0.503. The molecule has 0 aromatic carbocycles. The molecular weight excluding hydrogens is 248 g/mol. The molecule has 0 spiro atoms. The molecule has 2 amide bonds. The molecule has 3 unspecified atom stereocenters. The van der Waals surface area contributed by atoms with Gasteiger partial charge >= 0.3 is 12.0 Å². The van der Waals surface area contributed by atoms with Gasteiger partial charge in [-0.15, -0.1) is 0 Å². The van der Waals surface area contributed by atoms with Crippen molar-refractivity contribution in [3.63, 3.8) is 0 Å². The summed E-state index contributed by atoms with van der Waals surface area (Å²) in [5.74, 6) is -1.51. The molecule has 1 aliphatic carbocycles. The van der Waals surface area contributed by atoms with Crippen LogP contribution in [0.1, 0.15) is 39.5 Å². The average Bonchev–Trinajstić information content (AvgIpc) is 2.38. The molecular formula is C13H24N2O4. The monoisotopic (exact) mass is 272 g/mol. The van der Waals surface area contributed by atoms with Gasteiger partial charge in [-0.3, -0.25) is 4.79 Å². The second kappa shape index (κ2) is 7.33. The normalized spacial score (nSPS) is 24.6. The minimum Gasteiger partial charge on any atom is -0.481 e. The van der Waals surface area contributed by atoms with Crippen LogP contribution in [0.25, 0.3) is 0 Å². The van der Waals surface area contributed by atoms with Crippen molar-refractivity contribution in [2.45, 2.75) is 51.7 Å². The van der Waals surface area contributed by atoms with Crippen molar-refractivity contribution in [2.24, 2.45) is 5.92 Å². The highest BCUT2D eigenvalue weighted by atomic mass is 16.4. The van der Waals surface area contributed by atoms with Gasteiger partial charge in [-0.05, 0) is 19.8 Å². The summed E-state index contributed by atoms with van der Waals surface area (Å²) in [7, 11) is 0. The van der Waals surface area contributed by atoms with Gasteiger partial charge in [0.1, 0.15) is 0 Å². The minimum absolute atomic E-state index is 0.181. The predicted molar refractivity (Wildman–Crippen MR) is 70.8 cm³/mol. The molecule has 1 saturated carbocycles. The Balaban J connectivity index is 2.51. The van der Waals surface area contributed by atoms with Crippen molar-refractivity contribution in [1.82, 2.24) is 10.2 Å². The lowest BCUT2D eigenvalue weighted by molar-refractivity contribution is -0.141. The minimum atomic E-state index is -0.913. The Labute approximate surface area is 113 Å². The predicted octanol–water partition coefficient (Wildman–Crippen LogP) is 1.04. The first kappa shape index (κ1) is 15.8. The number of aliphatic hydroxyl groups excluding tert-OH is 1. The van der Waals surface area contributed by atoms with Gasteiger partial charge in [-0.1, -0.05) is 19.8 Å². The highest BCUT2D eigenvalue weighted by Gasteiger charge is 2.27. The van der Waals surface area contributed by atoms with E-state index in [-0.39, 0.29) is 18.6 Å². The number of amides is 2. The number of nitrogens with one attached hydrogen (secondary N) is 1. The van der Waals surface area contributed by atoms with Gasteiger partial charge in [0.15, 0.2) is 0 Å². The van der Waals surface area contributed by atoms with E-state index in [0.29, 0.717) is 13.0 Å². The first-order valence-corrected chi connectivity index (χ1v) is 6.92. The van der Waals surface area contributed by atoms with Gasteiger partial charge in [0, 0.05) is 13.1 Å². The fourth-order valence-electron chi connectivity index (χ4n) is 2.29. The van der Waals surface area contributed by atoms with E-state index in [0.717, 1.165) is 19.3 Å². The summed E-state index contributed by atoms with van der Waals surface area (Å²) in [5, 5.41) is 21.5. The number of hydrogen-bond donors (Lipinski definition) is 3. The van der Waals surface area contributed by atoms with Crippen LogP contribution < -0.4 is 5.32 Å². The Kier molecular flexibility index (Phi) is 6.08. The van der Waals surface area contributed by atoms with Gasteiger partial charge in [0.2, 0.25) is 0 Å². The molecule has 6 heteroatoms. The van der Waals surface area contributed by atoms with Crippen LogP contribution in [0, 0.1) is 5.92 Å². The van der Waals surface area contributed by atoms with Crippen LogP contribution >= 0.6 is 0 Å². The van der Waals surface area contributed by atoms with Crippen LogP contribution in [0.4, 0.5) is 4.79 Å². The number of carbonyl (C=O) groups is 2. The van der Waals surface area contributed by atoms with Crippen molar-refractivity contribution in [2.75, 3.05) is 13.1 Å². The molecule has 3 atom stereocenters. The van der Waals surface area contributed by atoms with Gasteiger partial charge in [-0.2, -0.15) is 0 Å². The molecule has 0 radical (unpaired) electrons. The Morgan fingerprint density at radius 2 is 2.00 bits per heavy atom. The molecule has 1 fully saturated rings. The van der Waals surface area contributed by atoms with E-state index in [2.05, 4.69) is 5.32 Å². The zero-order chi connectivity index (χ0) is 14.4. The fraction of sp³-hybridized carbons (Fsp3) is 0.846. The summed E-state index contributed by atoms with van der Waals surface area (Å²) in [5.41, 5.74) is 0. The smallest absolute Gasteiger partial charge is 0.317 e. The Morgan fingerprint density at radius 3 is 2.53 bits per heavy atom. The van der Waals surface area contributed by atoms with E-state index < -0.39 is 18.0 Å². The van der Waals surface area contributed by atoms with Crippen molar-refractivity contribution < 1.29 is 19.8 Å². The molecule has 19 heavy (non-hydrogen) atoms. The van der Waals surface area contributed by atoms with E-state index in [4.69, 9.17) is 5.11 Å². The van der Waals surface area contributed by atoms with Crippen molar-refractivity contribution in [1.29, 1.82) is 0 Å². The zero-order valence-corrected chi connectivity index (χ0v) is 11.6. The molecule has 0 heterocycles. The standard InChI is InChI=1S/C13H24N2O4/c1-3-15(8-9(2)12(17)18)13(19)14-10-6-4-5-7-11(10)16/h9-11,16H,3-8H2,1-2H3,(H,14,19)(H,17,18).